The van der Waals surface area contributed by atoms with Gasteiger partial charge in [-0.05, 0) is 38.8 Å². The van der Waals surface area contributed by atoms with Gasteiger partial charge in [0.2, 0.25) is 0 Å². The standard InChI is InChI=1S/C9H17NO2/c1-2-12-9(11)5-3-4-8-6-10-7-8/h8,10H,2-7H2,1H3. The van der Waals surface area contributed by atoms with Gasteiger partial charge in [0.25, 0.3) is 0 Å². The summed E-state index contributed by atoms with van der Waals surface area (Å²) in [5, 5.41) is 3.21. The molecule has 12 heavy (non-hydrogen) atoms. The Hall–Kier alpha value is -0.570. The second-order valence-corrected chi connectivity index (χ2v) is 3.22. The summed E-state index contributed by atoms with van der Waals surface area (Å²) in [6, 6.07) is 0. The third-order valence-electron chi connectivity index (χ3n) is 2.16. The summed E-state index contributed by atoms with van der Waals surface area (Å²) < 4.78 is 4.82. The fourth-order valence-electron chi connectivity index (χ4n) is 1.32. The van der Waals surface area contributed by atoms with Crippen molar-refractivity contribution < 1.29 is 9.53 Å². The first-order chi connectivity index (χ1) is 5.83. The largest absolute Gasteiger partial charge is 0.466 e. The molecule has 3 nitrogen and oxygen atoms in total. The molecule has 1 heterocycles. The Kier molecular flexibility index (Phi) is 4.08. The van der Waals surface area contributed by atoms with Crippen molar-refractivity contribution >= 4 is 5.97 Å². The molecule has 1 rings (SSSR count). The zero-order chi connectivity index (χ0) is 8.81. The summed E-state index contributed by atoms with van der Waals surface area (Å²) >= 11 is 0. The van der Waals surface area contributed by atoms with E-state index >= 15 is 0 Å². The number of rotatable bonds is 5. The monoisotopic (exact) mass is 171 g/mol. The van der Waals surface area contributed by atoms with Crippen LogP contribution in [0, 0.1) is 5.92 Å². The third-order valence-corrected chi connectivity index (χ3v) is 2.16. The van der Waals surface area contributed by atoms with Crippen LogP contribution in [0.2, 0.25) is 0 Å². The minimum atomic E-state index is -0.0511. The second-order valence-electron chi connectivity index (χ2n) is 3.22. The van der Waals surface area contributed by atoms with Gasteiger partial charge in [0.1, 0.15) is 0 Å². The normalized spacial score (nSPS) is 17.1. The molecule has 0 atom stereocenters. The maximum Gasteiger partial charge on any atom is 0.305 e. The molecule has 0 aromatic rings. The van der Waals surface area contributed by atoms with Crippen LogP contribution in [0.15, 0.2) is 0 Å². The van der Waals surface area contributed by atoms with Crippen LogP contribution in [-0.2, 0) is 9.53 Å². The smallest absolute Gasteiger partial charge is 0.305 e. The predicted molar refractivity (Wildman–Crippen MR) is 46.8 cm³/mol. The summed E-state index contributed by atoms with van der Waals surface area (Å²) in [5.41, 5.74) is 0. The van der Waals surface area contributed by atoms with Crippen LogP contribution in [-0.4, -0.2) is 25.7 Å². The van der Waals surface area contributed by atoms with E-state index in [0.717, 1.165) is 31.8 Å². The lowest BCUT2D eigenvalue weighted by molar-refractivity contribution is -0.143. The summed E-state index contributed by atoms with van der Waals surface area (Å²) in [6.07, 6.45) is 2.72. The molecule has 3 heteroatoms. The van der Waals surface area contributed by atoms with Gasteiger partial charge in [-0.3, -0.25) is 4.79 Å². The van der Waals surface area contributed by atoms with Crippen molar-refractivity contribution in [2.45, 2.75) is 26.2 Å². The molecule has 0 spiro atoms. The maximum atomic E-state index is 10.9. The molecule has 1 saturated heterocycles. The van der Waals surface area contributed by atoms with Crippen molar-refractivity contribution in [3.8, 4) is 0 Å². The molecular weight excluding hydrogens is 154 g/mol. The number of ether oxygens (including phenoxy) is 1. The molecule has 0 unspecified atom stereocenters. The van der Waals surface area contributed by atoms with E-state index in [9.17, 15) is 4.79 Å². The Morgan fingerprint density at radius 2 is 2.33 bits per heavy atom. The first-order valence-corrected chi connectivity index (χ1v) is 4.69. The van der Waals surface area contributed by atoms with Crippen molar-refractivity contribution in [1.82, 2.24) is 5.32 Å². The molecule has 70 valence electrons. The number of esters is 1. The Morgan fingerprint density at radius 1 is 1.58 bits per heavy atom. The molecule has 0 aliphatic carbocycles. The van der Waals surface area contributed by atoms with Gasteiger partial charge in [-0.2, -0.15) is 0 Å². The molecule has 0 aromatic carbocycles. The Labute approximate surface area is 73.5 Å². The molecule has 1 fully saturated rings. The second kappa shape index (κ2) is 5.14. The van der Waals surface area contributed by atoms with E-state index < -0.39 is 0 Å². The Bertz CT molecular complexity index is 143. The van der Waals surface area contributed by atoms with Gasteiger partial charge in [-0.1, -0.05) is 0 Å². The van der Waals surface area contributed by atoms with E-state index in [4.69, 9.17) is 4.74 Å². The molecule has 1 N–H and O–H groups in total. The van der Waals surface area contributed by atoms with Gasteiger partial charge in [0.05, 0.1) is 6.61 Å². The zero-order valence-corrected chi connectivity index (χ0v) is 7.64. The van der Waals surface area contributed by atoms with E-state index in [1.165, 1.54) is 0 Å². The number of nitrogens with one attached hydrogen (secondary N) is 1. The predicted octanol–water partition coefficient (Wildman–Crippen LogP) is 0.939. The quantitative estimate of drug-likeness (QED) is 0.626. The molecule has 1 aliphatic rings. The average Bonchev–Trinajstić information content (AvgIpc) is 1.95. The highest BCUT2D eigenvalue weighted by atomic mass is 16.5. The highest BCUT2D eigenvalue weighted by molar-refractivity contribution is 5.69. The van der Waals surface area contributed by atoms with Crippen LogP contribution in [0.5, 0.6) is 0 Å². The van der Waals surface area contributed by atoms with Gasteiger partial charge < -0.3 is 10.1 Å². The van der Waals surface area contributed by atoms with Crippen molar-refractivity contribution in [3.63, 3.8) is 0 Å². The third kappa shape index (κ3) is 3.22. The van der Waals surface area contributed by atoms with Gasteiger partial charge in [0.15, 0.2) is 0 Å². The highest BCUT2D eigenvalue weighted by Crippen LogP contribution is 2.12. The molecule has 0 amide bonds. The highest BCUT2D eigenvalue weighted by Gasteiger charge is 2.16. The van der Waals surface area contributed by atoms with E-state index in [0.29, 0.717) is 13.0 Å². The lowest BCUT2D eigenvalue weighted by Crippen LogP contribution is -2.41. The lowest BCUT2D eigenvalue weighted by Gasteiger charge is -2.26. The zero-order valence-electron chi connectivity index (χ0n) is 7.64. The lowest BCUT2D eigenvalue weighted by atomic mass is 9.97. The number of hydrogen-bond acceptors (Lipinski definition) is 3. The summed E-state index contributed by atoms with van der Waals surface area (Å²) in [4.78, 5) is 10.9. The van der Waals surface area contributed by atoms with Crippen LogP contribution < -0.4 is 5.32 Å². The average molecular weight is 171 g/mol. The van der Waals surface area contributed by atoms with Crippen molar-refractivity contribution in [2.75, 3.05) is 19.7 Å². The van der Waals surface area contributed by atoms with Crippen LogP contribution in [0.1, 0.15) is 26.2 Å². The summed E-state index contributed by atoms with van der Waals surface area (Å²) in [6.45, 7) is 4.60. The summed E-state index contributed by atoms with van der Waals surface area (Å²) in [7, 11) is 0. The van der Waals surface area contributed by atoms with Gasteiger partial charge in [-0.15, -0.1) is 0 Å². The topological polar surface area (TPSA) is 38.3 Å². The summed E-state index contributed by atoms with van der Waals surface area (Å²) in [5.74, 6) is 0.754. The van der Waals surface area contributed by atoms with E-state index in [1.807, 2.05) is 6.92 Å². The van der Waals surface area contributed by atoms with Gasteiger partial charge >= 0.3 is 5.97 Å². The first-order valence-electron chi connectivity index (χ1n) is 4.69. The minimum Gasteiger partial charge on any atom is -0.466 e. The maximum absolute atomic E-state index is 10.9. The molecule has 0 aromatic heterocycles. The van der Waals surface area contributed by atoms with E-state index in [2.05, 4.69) is 5.32 Å². The van der Waals surface area contributed by atoms with Crippen LogP contribution in [0.3, 0.4) is 0 Å². The fourth-order valence-corrected chi connectivity index (χ4v) is 1.32. The van der Waals surface area contributed by atoms with Crippen molar-refractivity contribution in [3.05, 3.63) is 0 Å². The number of carbonyl (C=O) groups is 1. The molecular formula is C9H17NO2. The minimum absolute atomic E-state index is 0.0511. The molecule has 1 aliphatic heterocycles. The van der Waals surface area contributed by atoms with Gasteiger partial charge in [-0.25, -0.2) is 0 Å². The van der Waals surface area contributed by atoms with Crippen LogP contribution in [0.25, 0.3) is 0 Å². The van der Waals surface area contributed by atoms with Crippen LogP contribution in [0.4, 0.5) is 0 Å². The van der Waals surface area contributed by atoms with E-state index in [-0.39, 0.29) is 5.97 Å². The van der Waals surface area contributed by atoms with Crippen molar-refractivity contribution in [2.24, 2.45) is 5.92 Å². The molecule has 0 bridgehead atoms. The number of hydrogen-bond donors (Lipinski definition) is 1. The first kappa shape index (κ1) is 9.52. The molecule has 0 radical (unpaired) electrons. The van der Waals surface area contributed by atoms with Crippen LogP contribution >= 0.6 is 0 Å². The SMILES string of the molecule is CCOC(=O)CCCC1CNC1. The Morgan fingerprint density at radius 3 is 2.83 bits per heavy atom. The Balaban J connectivity index is 1.90. The van der Waals surface area contributed by atoms with Crippen molar-refractivity contribution in [1.29, 1.82) is 0 Å². The molecule has 0 saturated carbocycles. The number of carbonyl (C=O) groups excluding carboxylic acids is 1. The van der Waals surface area contributed by atoms with E-state index in [1.54, 1.807) is 0 Å². The van der Waals surface area contributed by atoms with Gasteiger partial charge in [0, 0.05) is 6.42 Å². The fraction of sp³-hybridized carbons (Fsp3) is 0.889.